The molecule has 23 heavy (non-hydrogen) atoms. The van der Waals surface area contributed by atoms with Crippen LogP contribution in [0.15, 0.2) is 18.7 Å². The first kappa shape index (κ1) is 16.7. The fourth-order valence-corrected chi connectivity index (χ4v) is 4.71. The van der Waals surface area contributed by atoms with E-state index in [9.17, 15) is 8.78 Å². The molecular weight excluding hydrogens is 290 g/mol. The lowest BCUT2D eigenvalue weighted by molar-refractivity contribution is 0.164. The summed E-state index contributed by atoms with van der Waals surface area (Å²) in [5.74, 6) is 1.36. The average molecular weight is 318 g/mol. The van der Waals surface area contributed by atoms with Gasteiger partial charge in [0.15, 0.2) is 11.6 Å². The molecule has 2 saturated carbocycles. The Morgan fingerprint density at radius 1 is 0.870 bits per heavy atom. The van der Waals surface area contributed by atoms with Gasteiger partial charge in [-0.1, -0.05) is 44.6 Å². The molecule has 0 saturated heterocycles. The third kappa shape index (κ3) is 3.51. The molecule has 0 N–H and O–H groups in total. The standard InChI is InChI=1S/C21H28F2/c1-3-15-12-13-19(21(23)20(15)22)18-10-8-17(9-11-18)16-6-4-14(2)5-7-16/h3,12-14,16-18H,1,4-11H2,2H3. The van der Waals surface area contributed by atoms with Gasteiger partial charge in [0.2, 0.25) is 0 Å². The van der Waals surface area contributed by atoms with Crippen molar-refractivity contribution in [1.29, 1.82) is 0 Å². The minimum absolute atomic E-state index is 0.183. The molecule has 3 rings (SSSR count). The summed E-state index contributed by atoms with van der Waals surface area (Å²) in [6.45, 7) is 5.89. The summed E-state index contributed by atoms with van der Waals surface area (Å²) < 4.78 is 28.3. The van der Waals surface area contributed by atoms with Gasteiger partial charge in [0.05, 0.1) is 0 Å². The molecule has 1 aromatic rings. The molecule has 0 unspecified atom stereocenters. The molecule has 0 bridgehead atoms. The number of rotatable bonds is 3. The summed E-state index contributed by atoms with van der Waals surface area (Å²) in [4.78, 5) is 0. The fraction of sp³-hybridized carbons (Fsp3) is 0.619. The summed E-state index contributed by atoms with van der Waals surface area (Å²) in [6.07, 6.45) is 11.2. The van der Waals surface area contributed by atoms with Crippen molar-refractivity contribution in [3.63, 3.8) is 0 Å². The van der Waals surface area contributed by atoms with Gasteiger partial charge in [0, 0.05) is 5.56 Å². The minimum Gasteiger partial charge on any atom is -0.203 e. The zero-order valence-electron chi connectivity index (χ0n) is 14.2. The van der Waals surface area contributed by atoms with E-state index in [0.717, 1.165) is 30.6 Å². The number of hydrogen-bond donors (Lipinski definition) is 0. The van der Waals surface area contributed by atoms with Crippen molar-refractivity contribution in [3.8, 4) is 0 Å². The van der Waals surface area contributed by atoms with Crippen molar-refractivity contribution in [3.05, 3.63) is 41.5 Å². The Bertz CT molecular complexity index is 547. The maximum absolute atomic E-state index is 14.3. The lowest BCUT2D eigenvalue weighted by Crippen LogP contribution is -2.25. The van der Waals surface area contributed by atoms with Crippen molar-refractivity contribution in [2.24, 2.45) is 17.8 Å². The van der Waals surface area contributed by atoms with Crippen LogP contribution in [0.25, 0.3) is 6.08 Å². The topological polar surface area (TPSA) is 0 Å². The molecule has 1 aromatic carbocycles. The van der Waals surface area contributed by atoms with Crippen LogP contribution in [0.5, 0.6) is 0 Å². The minimum atomic E-state index is -0.735. The Morgan fingerprint density at radius 3 is 2.00 bits per heavy atom. The molecule has 126 valence electrons. The Morgan fingerprint density at radius 2 is 1.43 bits per heavy atom. The van der Waals surface area contributed by atoms with Crippen molar-refractivity contribution in [1.82, 2.24) is 0 Å². The highest BCUT2D eigenvalue weighted by Crippen LogP contribution is 2.44. The Kier molecular flexibility index (Phi) is 5.18. The van der Waals surface area contributed by atoms with E-state index in [0.29, 0.717) is 5.56 Å². The lowest BCUT2D eigenvalue weighted by atomic mass is 9.68. The van der Waals surface area contributed by atoms with Gasteiger partial charge >= 0.3 is 0 Å². The molecule has 0 aliphatic heterocycles. The van der Waals surface area contributed by atoms with E-state index in [1.165, 1.54) is 44.6 Å². The number of hydrogen-bond acceptors (Lipinski definition) is 0. The van der Waals surface area contributed by atoms with Gasteiger partial charge in [-0.2, -0.15) is 0 Å². The van der Waals surface area contributed by atoms with Gasteiger partial charge in [0.25, 0.3) is 0 Å². The second kappa shape index (κ2) is 7.15. The molecule has 0 heterocycles. The monoisotopic (exact) mass is 318 g/mol. The Hall–Kier alpha value is -1.18. The second-order valence-corrected chi connectivity index (χ2v) is 7.71. The maximum atomic E-state index is 14.3. The first-order valence-electron chi connectivity index (χ1n) is 9.20. The van der Waals surface area contributed by atoms with Crippen molar-refractivity contribution >= 4 is 6.08 Å². The van der Waals surface area contributed by atoms with Crippen molar-refractivity contribution in [2.45, 2.75) is 64.2 Å². The van der Waals surface area contributed by atoms with Crippen LogP contribution in [0.3, 0.4) is 0 Å². The maximum Gasteiger partial charge on any atom is 0.166 e. The normalized spacial score (nSPS) is 31.8. The summed E-state index contributed by atoms with van der Waals surface area (Å²) in [6, 6.07) is 3.43. The van der Waals surface area contributed by atoms with E-state index in [4.69, 9.17) is 0 Å². The van der Waals surface area contributed by atoms with Crippen molar-refractivity contribution in [2.75, 3.05) is 0 Å². The molecule has 0 amide bonds. The summed E-state index contributed by atoms with van der Waals surface area (Å²) in [7, 11) is 0. The van der Waals surface area contributed by atoms with Crippen molar-refractivity contribution < 1.29 is 8.78 Å². The van der Waals surface area contributed by atoms with Crippen LogP contribution in [0, 0.1) is 29.4 Å². The number of benzene rings is 1. The molecule has 2 aliphatic carbocycles. The smallest absolute Gasteiger partial charge is 0.166 e. The zero-order valence-corrected chi connectivity index (χ0v) is 14.2. The molecule has 2 fully saturated rings. The highest BCUT2D eigenvalue weighted by atomic mass is 19.2. The molecule has 2 heteroatoms. The highest BCUT2D eigenvalue weighted by molar-refractivity contribution is 5.49. The van der Waals surface area contributed by atoms with Crippen LogP contribution in [0.1, 0.15) is 75.3 Å². The quantitative estimate of drug-likeness (QED) is 0.581. The highest BCUT2D eigenvalue weighted by Gasteiger charge is 2.31. The van der Waals surface area contributed by atoms with E-state index in [1.807, 2.05) is 0 Å². The zero-order chi connectivity index (χ0) is 16.4. The second-order valence-electron chi connectivity index (χ2n) is 7.71. The SMILES string of the molecule is C=Cc1ccc(C2CCC(C3CCC(C)CC3)CC2)c(F)c1F. The number of halogens is 2. The van der Waals surface area contributed by atoms with Crippen LogP contribution in [0.2, 0.25) is 0 Å². The summed E-state index contributed by atoms with van der Waals surface area (Å²) in [5.41, 5.74) is 0.833. The van der Waals surface area contributed by atoms with Crippen LogP contribution in [-0.4, -0.2) is 0 Å². The van der Waals surface area contributed by atoms with E-state index < -0.39 is 11.6 Å². The van der Waals surface area contributed by atoms with E-state index >= 15 is 0 Å². The van der Waals surface area contributed by atoms with Crippen LogP contribution in [0.4, 0.5) is 8.78 Å². The van der Waals surface area contributed by atoms with Gasteiger partial charge < -0.3 is 0 Å². The Labute approximate surface area is 139 Å². The third-order valence-corrected chi connectivity index (χ3v) is 6.30. The molecule has 0 spiro atoms. The van der Waals surface area contributed by atoms with E-state index in [2.05, 4.69) is 13.5 Å². The first-order valence-corrected chi connectivity index (χ1v) is 9.20. The lowest BCUT2D eigenvalue weighted by Gasteiger charge is -2.37. The molecule has 2 aliphatic rings. The van der Waals surface area contributed by atoms with Crippen LogP contribution in [-0.2, 0) is 0 Å². The Balaban J connectivity index is 1.63. The van der Waals surface area contributed by atoms with Gasteiger partial charge in [-0.05, 0) is 67.8 Å². The van der Waals surface area contributed by atoms with Gasteiger partial charge in [-0.25, -0.2) is 8.78 Å². The van der Waals surface area contributed by atoms with Gasteiger partial charge in [-0.15, -0.1) is 0 Å². The molecule has 0 aromatic heterocycles. The van der Waals surface area contributed by atoms with Crippen LogP contribution < -0.4 is 0 Å². The first-order chi connectivity index (χ1) is 11.1. The van der Waals surface area contributed by atoms with Gasteiger partial charge in [-0.3, -0.25) is 0 Å². The van der Waals surface area contributed by atoms with E-state index in [1.54, 1.807) is 12.1 Å². The third-order valence-electron chi connectivity index (χ3n) is 6.30. The van der Waals surface area contributed by atoms with Gasteiger partial charge in [0.1, 0.15) is 0 Å². The predicted octanol–water partition coefficient (Wildman–Crippen LogP) is 6.71. The molecule has 0 radical (unpaired) electrons. The average Bonchev–Trinajstić information content (AvgIpc) is 2.58. The summed E-state index contributed by atoms with van der Waals surface area (Å²) >= 11 is 0. The van der Waals surface area contributed by atoms with E-state index in [-0.39, 0.29) is 11.5 Å². The fourth-order valence-electron chi connectivity index (χ4n) is 4.71. The summed E-state index contributed by atoms with van der Waals surface area (Å²) in [5, 5.41) is 0. The molecule has 0 atom stereocenters. The molecule has 0 nitrogen and oxygen atoms in total. The van der Waals surface area contributed by atoms with Crippen LogP contribution >= 0.6 is 0 Å². The molecular formula is C21H28F2. The predicted molar refractivity (Wildman–Crippen MR) is 92.3 cm³/mol. The largest absolute Gasteiger partial charge is 0.203 e.